The molecule has 1 aliphatic rings. The van der Waals surface area contributed by atoms with E-state index in [4.69, 9.17) is 11.6 Å². The number of aldehydes is 1. The van der Waals surface area contributed by atoms with Gasteiger partial charge in [0.05, 0.1) is 11.7 Å². The van der Waals surface area contributed by atoms with Crippen LogP contribution in [0.25, 0.3) is 0 Å². The average molecular weight is 270 g/mol. The van der Waals surface area contributed by atoms with Crippen LogP contribution in [0.2, 0.25) is 5.15 Å². The molecule has 1 saturated carbocycles. The minimum absolute atomic E-state index is 0.173. The monoisotopic (exact) mass is 269 g/mol. The summed E-state index contributed by atoms with van der Waals surface area (Å²) in [7, 11) is 0. The molecule has 0 aromatic carbocycles. The molecule has 6 heteroatoms. The number of halogens is 1. The molecular formula is C12H16ClN3O2. The largest absolute Gasteiger partial charge is 0.393 e. The summed E-state index contributed by atoms with van der Waals surface area (Å²) in [4.78, 5) is 19.1. The molecule has 0 spiro atoms. The molecule has 0 bridgehead atoms. The van der Waals surface area contributed by atoms with Crippen molar-refractivity contribution in [2.45, 2.75) is 32.3 Å². The number of aryl methyl sites for hydroxylation is 1. The Labute approximate surface area is 111 Å². The normalized spacial score (nSPS) is 23.1. The van der Waals surface area contributed by atoms with E-state index >= 15 is 0 Å². The molecule has 2 N–H and O–H groups in total. The first-order valence-electron chi connectivity index (χ1n) is 6.01. The molecule has 0 radical (unpaired) electrons. The van der Waals surface area contributed by atoms with Gasteiger partial charge in [-0.2, -0.15) is 0 Å². The van der Waals surface area contributed by atoms with Crippen molar-refractivity contribution in [1.82, 2.24) is 9.97 Å². The van der Waals surface area contributed by atoms with Crippen molar-refractivity contribution < 1.29 is 9.90 Å². The fraction of sp³-hybridized carbons (Fsp3) is 0.583. The molecule has 1 heterocycles. The molecule has 0 amide bonds. The van der Waals surface area contributed by atoms with Gasteiger partial charge in [0.1, 0.15) is 16.8 Å². The lowest BCUT2D eigenvalue weighted by Gasteiger charge is -2.13. The third kappa shape index (κ3) is 2.97. The minimum Gasteiger partial charge on any atom is -0.393 e. The van der Waals surface area contributed by atoms with Crippen molar-refractivity contribution in [3.05, 3.63) is 16.5 Å². The Bertz CT molecular complexity index is 453. The van der Waals surface area contributed by atoms with Gasteiger partial charge < -0.3 is 10.4 Å². The third-order valence-electron chi connectivity index (χ3n) is 3.20. The van der Waals surface area contributed by atoms with Crippen molar-refractivity contribution in [2.24, 2.45) is 5.92 Å². The van der Waals surface area contributed by atoms with E-state index in [9.17, 15) is 9.90 Å². The van der Waals surface area contributed by atoms with E-state index in [-0.39, 0.29) is 11.3 Å². The van der Waals surface area contributed by atoms with Gasteiger partial charge in [-0.1, -0.05) is 11.6 Å². The number of nitrogens with one attached hydrogen (secondary N) is 1. The summed E-state index contributed by atoms with van der Waals surface area (Å²) in [6.07, 6.45) is 3.09. The highest BCUT2D eigenvalue weighted by Crippen LogP contribution is 2.26. The maximum Gasteiger partial charge on any atom is 0.156 e. The summed E-state index contributed by atoms with van der Waals surface area (Å²) in [5.41, 5.74) is 0.292. The highest BCUT2D eigenvalue weighted by atomic mass is 35.5. The fourth-order valence-electron chi connectivity index (χ4n) is 2.26. The van der Waals surface area contributed by atoms with Crippen LogP contribution in [0.3, 0.4) is 0 Å². The predicted molar refractivity (Wildman–Crippen MR) is 69.0 cm³/mol. The van der Waals surface area contributed by atoms with Crippen LogP contribution in [0.1, 0.15) is 35.4 Å². The summed E-state index contributed by atoms with van der Waals surface area (Å²) in [5, 5.41) is 12.8. The average Bonchev–Trinajstić information content (AvgIpc) is 2.72. The van der Waals surface area contributed by atoms with Crippen LogP contribution in [0.5, 0.6) is 0 Å². The molecule has 1 aliphatic carbocycles. The maximum absolute atomic E-state index is 11.0. The highest BCUT2D eigenvalue weighted by molar-refractivity contribution is 6.32. The Morgan fingerprint density at radius 3 is 2.89 bits per heavy atom. The molecule has 5 nitrogen and oxygen atoms in total. The minimum atomic E-state index is -0.196. The standard InChI is InChI=1S/C12H16ClN3O2/c1-7-15-11(13)10(6-17)12(16-7)14-5-8-2-3-9(18)4-8/h6,8-9,18H,2-5H2,1H3,(H,14,15,16). The van der Waals surface area contributed by atoms with Crippen LogP contribution in [-0.4, -0.2) is 34.0 Å². The van der Waals surface area contributed by atoms with Crippen molar-refractivity contribution >= 4 is 23.7 Å². The number of hydrogen-bond donors (Lipinski definition) is 2. The first kappa shape index (κ1) is 13.2. The quantitative estimate of drug-likeness (QED) is 0.644. The van der Waals surface area contributed by atoms with Crippen LogP contribution in [0.4, 0.5) is 5.82 Å². The Morgan fingerprint density at radius 2 is 2.28 bits per heavy atom. The van der Waals surface area contributed by atoms with Gasteiger partial charge in [-0.3, -0.25) is 4.79 Å². The smallest absolute Gasteiger partial charge is 0.156 e. The molecule has 0 saturated heterocycles. The fourth-order valence-corrected chi connectivity index (χ4v) is 2.52. The molecular weight excluding hydrogens is 254 g/mol. The van der Waals surface area contributed by atoms with Gasteiger partial charge in [-0.15, -0.1) is 0 Å². The zero-order chi connectivity index (χ0) is 13.1. The molecule has 2 unspecified atom stereocenters. The second-order valence-electron chi connectivity index (χ2n) is 4.66. The Hall–Kier alpha value is -1.20. The molecule has 1 fully saturated rings. The third-order valence-corrected chi connectivity index (χ3v) is 3.49. The molecule has 1 aromatic heterocycles. The summed E-state index contributed by atoms with van der Waals surface area (Å²) < 4.78 is 0. The second kappa shape index (κ2) is 5.63. The number of hydrogen-bond acceptors (Lipinski definition) is 5. The summed E-state index contributed by atoms with van der Waals surface area (Å²) in [6.45, 7) is 2.41. The van der Waals surface area contributed by atoms with Gasteiger partial charge in [-0.25, -0.2) is 9.97 Å². The number of aliphatic hydroxyl groups is 1. The summed E-state index contributed by atoms with van der Waals surface area (Å²) in [5.74, 6) is 1.41. The number of anilines is 1. The number of carbonyl (C=O) groups excluding carboxylic acids is 1. The van der Waals surface area contributed by atoms with Crippen LogP contribution < -0.4 is 5.32 Å². The zero-order valence-corrected chi connectivity index (χ0v) is 10.9. The van der Waals surface area contributed by atoms with Gasteiger partial charge in [0.15, 0.2) is 6.29 Å². The molecule has 2 rings (SSSR count). The molecule has 1 aromatic rings. The van der Waals surface area contributed by atoms with Gasteiger partial charge in [0, 0.05) is 6.54 Å². The van der Waals surface area contributed by atoms with Crippen molar-refractivity contribution in [3.63, 3.8) is 0 Å². The number of aliphatic hydroxyl groups excluding tert-OH is 1. The van der Waals surface area contributed by atoms with E-state index in [1.54, 1.807) is 6.92 Å². The number of rotatable bonds is 4. The van der Waals surface area contributed by atoms with Crippen LogP contribution >= 0.6 is 11.6 Å². The maximum atomic E-state index is 11.0. The van der Waals surface area contributed by atoms with Gasteiger partial charge >= 0.3 is 0 Å². The second-order valence-corrected chi connectivity index (χ2v) is 5.01. The Kier molecular flexibility index (Phi) is 4.14. The highest BCUT2D eigenvalue weighted by Gasteiger charge is 2.23. The van der Waals surface area contributed by atoms with Gasteiger partial charge in [0.2, 0.25) is 0 Å². The van der Waals surface area contributed by atoms with E-state index in [1.807, 2.05) is 0 Å². The lowest BCUT2D eigenvalue weighted by molar-refractivity contribution is 0.112. The van der Waals surface area contributed by atoms with Gasteiger partial charge in [-0.05, 0) is 32.1 Å². The number of carbonyl (C=O) groups is 1. The van der Waals surface area contributed by atoms with E-state index in [1.165, 1.54) is 0 Å². The van der Waals surface area contributed by atoms with Crippen molar-refractivity contribution in [2.75, 3.05) is 11.9 Å². The first-order chi connectivity index (χ1) is 8.60. The molecule has 2 atom stereocenters. The summed E-state index contributed by atoms with van der Waals surface area (Å²) >= 11 is 5.89. The van der Waals surface area contributed by atoms with Crippen molar-refractivity contribution in [3.8, 4) is 0 Å². The van der Waals surface area contributed by atoms with E-state index in [0.29, 0.717) is 36.0 Å². The Morgan fingerprint density at radius 1 is 1.50 bits per heavy atom. The summed E-state index contributed by atoms with van der Waals surface area (Å²) in [6, 6.07) is 0. The van der Waals surface area contributed by atoms with E-state index in [0.717, 1.165) is 19.3 Å². The molecule has 98 valence electrons. The zero-order valence-electron chi connectivity index (χ0n) is 10.2. The van der Waals surface area contributed by atoms with Crippen LogP contribution in [0, 0.1) is 12.8 Å². The molecule has 0 aliphatic heterocycles. The number of aromatic nitrogens is 2. The Balaban J connectivity index is 2.06. The lowest BCUT2D eigenvalue weighted by atomic mass is 10.1. The van der Waals surface area contributed by atoms with Crippen LogP contribution in [-0.2, 0) is 0 Å². The topological polar surface area (TPSA) is 75.1 Å². The number of nitrogens with zero attached hydrogens (tertiary/aromatic N) is 2. The predicted octanol–water partition coefficient (Wildman–Crippen LogP) is 1.82. The first-order valence-corrected chi connectivity index (χ1v) is 6.39. The molecule has 18 heavy (non-hydrogen) atoms. The SMILES string of the molecule is Cc1nc(Cl)c(C=O)c(NCC2CCC(O)C2)n1. The van der Waals surface area contributed by atoms with Crippen LogP contribution in [0.15, 0.2) is 0 Å². The van der Waals surface area contributed by atoms with Gasteiger partial charge in [0.25, 0.3) is 0 Å². The van der Waals surface area contributed by atoms with E-state index < -0.39 is 0 Å². The lowest BCUT2D eigenvalue weighted by Crippen LogP contribution is -2.15. The van der Waals surface area contributed by atoms with E-state index in [2.05, 4.69) is 15.3 Å². The van der Waals surface area contributed by atoms with Crippen molar-refractivity contribution in [1.29, 1.82) is 0 Å².